The standard InChI is InChI=1S/C49H86N2O5/c1-3-5-7-9-11-13-15-17-19-21-23-25-27-29-31-33-42-56-49(55)47(38-37-46(53)35-34-40-51-43-45(44-51)39-41-52)50-48(54)36-32-30-28-26-24-22-20-18-16-14-12-10-8-6-4-2/h11-14,17-20,45,47,52H,3-10,15-16,21-44H2,1-2H3,(H,50,54)/b13-11-,14-12-,19-17-,20-18-. The van der Waals surface area contributed by atoms with Gasteiger partial charge < -0.3 is 20.1 Å². The Bertz CT molecular complexity index is 1060. The number of likely N-dealkylation sites (tertiary alicyclic amines) is 1. The number of Topliss-reactive ketones (excluding diaryl/α,β-unsaturated/α-hetero) is 1. The molecule has 1 fully saturated rings. The number of unbranched alkanes of at least 4 members (excludes halogenated alkanes) is 17. The zero-order valence-corrected chi connectivity index (χ0v) is 36.3. The second kappa shape index (κ2) is 39.3. The second-order valence-electron chi connectivity index (χ2n) is 16.2. The molecule has 0 spiro atoms. The van der Waals surface area contributed by atoms with E-state index in [2.05, 4.69) is 72.7 Å². The van der Waals surface area contributed by atoms with E-state index in [0.29, 0.717) is 25.4 Å². The molecule has 1 unspecified atom stereocenters. The molecule has 7 heteroatoms. The van der Waals surface area contributed by atoms with Gasteiger partial charge in [-0.15, -0.1) is 0 Å². The molecule has 0 bridgehead atoms. The van der Waals surface area contributed by atoms with Crippen LogP contribution in [0.25, 0.3) is 0 Å². The van der Waals surface area contributed by atoms with Gasteiger partial charge >= 0.3 is 5.97 Å². The number of allylic oxidation sites excluding steroid dienone is 8. The Balaban J connectivity index is 2.29. The van der Waals surface area contributed by atoms with E-state index in [0.717, 1.165) is 103 Å². The molecular weight excluding hydrogens is 697 g/mol. The van der Waals surface area contributed by atoms with E-state index in [4.69, 9.17) is 9.84 Å². The Kier molecular flexibility index (Phi) is 36.2. The normalized spacial score (nSPS) is 14.4. The van der Waals surface area contributed by atoms with Crippen LogP contribution in [-0.2, 0) is 19.1 Å². The van der Waals surface area contributed by atoms with Gasteiger partial charge in [-0.3, -0.25) is 9.59 Å². The molecule has 0 saturated carbocycles. The number of aliphatic hydroxyl groups excluding tert-OH is 1. The minimum Gasteiger partial charge on any atom is -0.464 e. The number of rotatable bonds is 40. The van der Waals surface area contributed by atoms with Gasteiger partial charge in [0.15, 0.2) is 0 Å². The maximum Gasteiger partial charge on any atom is 0.328 e. The number of nitrogens with one attached hydrogen (secondary N) is 1. The summed E-state index contributed by atoms with van der Waals surface area (Å²) in [5.74, 6) is 0.160. The van der Waals surface area contributed by atoms with E-state index in [9.17, 15) is 14.4 Å². The molecule has 322 valence electrons. The molecule has 1 heterocycles. The first-order chi connectivity index (χ1) is 27.5. The van der Waals surface area contributed by atoms with Crippen molar-refractivity contribution in [3.8, 4) is 0 Å². The third-order valence-corrected chi connectivity index (χ3v) is 10.8. The molecule has 1 aliphatic rings. The molecular formula is C49H86N2O5. The molecule has 56 heavy (non-hydrogen) atoms. The fourth-order valence-corrected chi connectivity index (χ4v) is 7.13. The van der Waals surface area contributed by atoms with Crippen LogP contribution in [0.5, 0.6) is 0 Å². The Hall–Kier alpha value is -2.51. The molecule has 0 radical (unpaired) electrons. The summed E-state index contributed by atoms with van der Waals surface area (Å²) in [5, 5.41) is 12.0. The van der Waals surface area contributed by atoms with Gasteiger partial charge in [-0.1, -0.05) is 133 Å². The third kappa shape index (κ3) is 32.6. The topological polar surface area (TPSA) is 95.9 Å². The third-order valence-electron chi connectivity index (χ3n) is 10.8. The van der Waals surface area contributed by atoms with Crippen molar-refractivity contribution in [2.45, 2.75) is 206 Å². The molecule has 1 aliphatic heterocycles. The van der Waals surface area contributed by atoms with Crippen molar-refractivity contribution in [3.63, 3.8) is 0 Å². The van der Waals surface area contributed by atoms with Crippen molar-refractivity contribution in [1.29, 1.82) is 0 Å². The number of hydrogen-bond donors (Lipinski definition) is 2. The first kappa shape index (κ1) is 51.5. The fraction of sp³-hybridized carbons (Fsp3) is 0.776. The molecule has 1 atom stereocenters. The minimum absolute atomic E-state index is 0.128. The molecule has 1 saturated heterocycles. The van der Waals surface area contributed by atoms with E-state index in [1.165, 1.54) is 77.0 Å². The number of esters is 1. The number of carbonyl (C=O) groups is 3. The average molecular weight is 783 g/mol. The summed E-state index contributed by atoms with van der Waals surface area (Å²) in [6, 6.07) is -0.774. The van der Waals surface area contributed by atoms with E-state index in [1.54, 1.807) is 0 Å². The molecule has 0 aromatic heterocycles. The van der Waals surface area contributed by atoms with Gasteiger partial charge in [0, 0.05) is 39.0 Å². The van der Waals surface area contributed by atoms with Crippen LogP contribution in [0.15, 0.2) is 48.6 Å². The smallest absolute Gasteiger partial charge is 0.328 e. The Morgan fingerprint density at radius 1 is 0.625 bits per heavy atom. The molecule has 0 aliphatic carbocycles. The average Bonchev–Trinajstić information content (AvgIpc) is 3.18. The quantitative estimate of drug-likeness (QED) is 0.0365. The number of carbonyl (C=O) groups excluding carboxylic acids is 3. The Morgan fingerprint density at radius 3 is 1.66 bits per heavy atom. The number of nitrogens with zero attached hydrogens (tertiary/aromatic N) is 1. The summed E-state index contributed by atoms with van der Waals surface area (Å²) in [4.78, 5) is 41.1. The lowest BCUT2D eigenvalue weighted by Gasteiger charge is -2.39. The van der Waals surface area contributed by atoms with Crippen LogP contribution in [0.2, 0.25) is 0 Å². The fourth-order valence-electron chi connectivity index (χ4n) is 7.13. The van der Waals surface area contributed by atoms with E-state index >= 15 is 0 Å². The highest BCUT2D eigenvalue weighted by Crippen LogP contribution is 2.19. The first-order valence-electron chi connectivity index (χ1n) is 23.4. The van der Waals surface area contributed by atoms with Crippen LogP contribution in [0, 0.1) is 5.92 Å². The van der Waals surface area contributed by atoms with Crippen molar-refractivity contribution in [2.75, 3.05) is 32.8 Å². The SMILES string of the molecule is CCCCC/C=C\C/C=C\CCCCCCCCOC(=O)C(CCC(=O)CCCN1CC(CCO)C1)NC(=O)CCCCCCC/C=C\C/C=C\CCCCC. The lowest BCUT2D eigenvalue weighted by Crippen LogP contribution is -2.47. The van der Waals surface area contributed by atoms with E-state index < -0.39 is 12.0 Å². The zero-order valence-electron chi connectivity index (χ0n) is 36.3. The maximum atomic E-state index is 13.1. The monoisotopic (exact) mass is 783 g/mol. The molecule has 1 amide bonds. The van der Waals surface area contributed by atoms with Crippen molar-refractivity contribution < 1.29 is 24.2 Å². The summed E-state index contributed by atoms with van der Waals surface area (Å²) in [6.45, 7) is 7.95. The molecule has 0 aromatic rings. The molecule has 2 N–H and O–H groups in total. The number of ketones is 1. The van der Waals surface area contributed by atoms with Crippen LogP contribution in [0.4, 0.5) is 0 Å². The van der Waals surface area contributed by atoms with Crippen LogP contribution in [0.1, 0.15) is 200 Å². The van der Waals surface area contributed by atoms with E-state index in [1.807, 2.05) is 0 Å². The van der Waals surface area contributed by atoms with Gasteiger partial charge in [-0.25, -0.2) is 4.79 Å². The Morgan fingerprint density at radius 2 is 1.12 bits per heavy atom. The van der Waals surface area contributed by atoms with Crippen LogP contribution in [0.3, 0.4) is 0 Å². The van der Waals surface area contributed by atoms with E-state index in [-0.39, 0.29) is 31.1 Å². The van der Waals surface area contributed by atoms with Crippen molar-refractivity contribution in [2.24, 2.45) is 5.92 Å². The molecule has 7 nitrogen and oxygen atoms in total. The van der Waals surface area contributed by atoms with Gasteiger partial charge in [0.1, 0.15) is 11.8 Å². The van der Waals surface area contributed by atoms with Gasteiger partial charge in [0.2, 0.25) is 5.91 Å². The largest absolute Gasteiger partial charge is 0.464 e. The van der Waals surface area contributed by atoms with Crippen LogP contribution < -0.4 is 5.32 Å². The summed E-state index contributed by atoms with van der Waals surface area (Å²) in [6.07, 6.45) is 47.6. The van der Waals surface area contributed by atoms with Crippen LogP contribution in [-0.4, -0.2) is 66.6 Å². The van der Waals surface area contributed by atoms with Crippen molar-refractivity contribution in [1.82, 2.24) is 10.2 Å². The highest BCUT2D eigenvalue weighted by Gasteiger charge is 2.26. The summed E-state index contributed by atoms with van der Waals surface area (Å²) < 4.78 is 5.64. The van der Waals surface area contributed by atoms with Gasteiger partial charge in [0.05, 0.1) is 6.61 Å². The first-order valence-corrected chi connectivity index (χ1v) is 23.4. The lowest BCUT2D eigenvalue weighted by molar-refractivity contribution is -0.148. The molecule has 0 aromatic carbocycles. The molecule has 1 rings (SSSR count). The summed E-state index contributed by atoms with van der Waals surface area (Å²) in [7, 11) is 0. The second-order valence-corrected chi connectivity index (χ2v) is 16.2. The number of ether oxygens (including phenoxy) is 1. The lowest BCUT2D eigenvalue weighted by atomic mass is 9.96. The summed E-state index contributed by atoms with van der Waals surface area (Å²) in [5.41, 5.74) is 0. The van der Waals surface area contributed by atoms with Crippen molar-refractivity contribution >= 4 is 17.7 Å². The van der Waals surface area contributed by atoms with Gasteiger partial charge in [0.25, 0.3) is 0 Å². The summed E-state index contributed by atoms with van der Waals surface area (Å²) >= 11 is 0. The number of aliphatic hydroxyl groups is 1. The van der Waals surface area contributed by atoms with Gasteiger partial charge in [-0.2, -0.15) is 0 Å². The zero-order chi connectivity index (χ0) is 40.6. The predicted molar refractivity (Wildman–Crippen MR) is 237 cm³/mol. The Labute approximate surface area is 344 Å². The minimum atomic E-state index is -0.774. The van der Waals surface area contributed by atoms with Crippen molar-refractivity contribution in [3.05, 3.63) is 48.6 Å². The number of hydrogen-bond acceptors (Lipinski definition) is 6. The highest BCUT2D eigenvalue weighted by molar-refractivity contribution is 5.85. The highest BCUT2D eigenvalue weighted by atomic mass is 16.5. The van der Waals surface area contributed by atoms with Gasteiger partial charge in [-0.05, 0) is 109 Å². The number of amides is 1. The maximum absolute atomic E-state index is 13.1. The predicted octanol–water partition coefficient (Wildman–Crippen LogP) is 12.1. The van der Waals surface area contributed by atoms with Crippen LogP contribution >= 0.6 is 0 Å².